The number of carbonyl (C=O) groups excluding carboxylic acids is 2. The highest BCUT2D eigenvalue weighted by molar-refractivity contribution is 14.1. The van der Waals surface area contributed by atoms with E-state index in [9.17, 15) is 9.59 Å². The first kappa shape index (κ1) is 13.7. The average molecular weight is 346 g/mol. The molecule has 0 saturated heterocycles. The smallest absolute Gasteiger partial charge is 0.330 e. The van der Waals surface area contributed by atoms with Gasteiger partial charge in [-0.05, 0) is 12.1 Å². The number of hydrogen-bond acceptors (Lipinski definition) is 4. The van der Waals surface area contributed by atoms with E-state index in [1.807, 2.05) is 22.6 Å². The molecule has 0 saturated carbocycles. The number of esters is 2. The van der Waals surface area contributed by atoms with Crippen molar-refractivity contribution in [2.45, 2.75) is 0 Å². The summed E-state index contributed by atoms with van der Waals surface area (Å²) in [6.45, 7) is 0. The first-order valence-electron chi connectivity index (χ1n) is 4.79. The third kappa shape index (κ3) is 4.56. The van der Waals surface area contributed by atoms with Crippen LogP contribution in [0, 0.1) is 0 Å². The fourth-order valence-electron chi connectivity index (χ4n) is 1.09. The molecule has 0 N–H and O–H groups in total. The predicted octanol–water partition coefficient (Wildman–Crippen LogP) is 2.21. The third-order valence-corrected chi connectivity index (χ3v) is 2.47. The van der Waals surface area contributed by atoms with Gasteiger partial charge in [0.2, 0.25) is 0 Å². The fourth-order valence-corrected chi connectivity index (χ4v) is 1.24. The van der Waals surface area contributed by atoms with Crippen molar-refractivity contribution in [3.8, 4) is 5.75 Å². The lowest BCUT2D eigenvalue weighted by atomic mass is 10.2. The zero-order valence-electron chi connectivity index (χ0n) is 9.18. The van der Waals surface area contributed by atoms with Gasteiger partial charge in [-0.15, -0.1) is 0 Å². The van der Waals surface area contributed by atoms with Crippen LogP contribution in [0.1, 0.15) is 5.56 Å². The molecule has 5 heteroatoms. The van der Waals surface area contributed by atoms with Gasteiger partial charge in [0.25, 0.3) is 0 Å². The van der Waals surface area contributed by atoms with Crippen LogP contribution in [0.25, 0.3) is 6.08 Å². The number of hydrogen-bond donors (Lipinski definition) is 0. The molecule has 0 fully saturated rings. The maximum absolute atomic E-state index is 11.2. The summed E-state index contributed by atoms with van der Waals surface area (Å²) in [5, 5.41) is 0. The normalized spacial score (nSPS) is 10.2. The summed E-state index contributed by atoms with van der Waals surface area (Å²) in [4.78, 5) is 22.1. The molecule has 0 amide bonds. The van der Waals surface area contributed by atoms with Crippen LogP contribution in [0.15, 0.2) is 30.3 Å². The Hall–Kier alpha value is -1.37. The lowest BCUT2D eigenvalue weighted by Gasteiger charge is -2.05. The predicted molar refractivity (Wildman–Crippen MR) is 72.0 cm³/mol. The Labute approximate surface area is 113 Å². The highest BCUT2D eigenvalue weighted by Gasteiger charge is 2.05. The van der Waals surface area contributed by atoms with Crippen molar-refractivity contribution in [2.24, 2.45) is 0 Å². The molecule has 0 aliphatic carbocycles. The Morgan fingerprint density at radius 1 is 1.35 bits per heavy atom. The Morgan fingerprint density at radius 3 is 2.71 bits per heavy atom. The summed E-state index contributed by atoms with van der Waals surface area (Å²) in [5.41, 5.74) is 0.649. The van der Waals surface area contributed by atoms with E-state index in [0.29, 0.717) is 11.3 Å². The number of carbonyl (C=O) groups is 2. The van der Waals surface area contributed by atoms with Gasteiger partial charge in [-0.2, -0.15) is 0 Å². The summed E-state index contributed by atoms with van der Waals surface area (Å²) in [6.07, 6.45) is 2.82. The highest BCUT2D eigenvalue weighted by atomic mass is 127. The van der Waals surface area contributed by atoms with Crippen molar-refractivity contribution in [1.82, 2.24) is 0 Å². The molecule has 4 nitrogen and oxygen atoms in total. The topological polar surface area (TPSA) is 52.6 Å². The Morgan fingerprint density at radius 2 is 2.06 bits per heavy atom. The molecule has 0 aliphatic rings. The summed E-state index contributed by atoms with van der Waals surface area (Å²) in [5.74, 6) is -0.362. The molecule has 0 unspecified atom stereocenters. The van der Waals surface area contributed by atoms with E-state index in [4.69, 9.17) is 4.74 Å². The zero-order chi connectivity index (χ0) is 12.7. The lowest BCUT2D eigenvalue weighted by Crippen LogP contribution is -2.09. The molecule has 1 rings (SSSR count). The van der Waals surface area contributed by atoms with Gasteiger partial charge in [0, 0.05) is 11.6 Å². The number of benzene rings is 1. The second-order valence-corrected chi connectivity index (χ2v) is 3.76. The summed E-state index contributed by atoms with van der Waals surface area (Å²) < 4.78 is 9.86. The van der Waals surface area contributed by atoms with Crippen molar-refractivity contribution in [3.63, 3.8) is 0 Å². The third-order valence-electron chi connectivity index (χ3n) is 1.85. The first-order valence-corrected chi connectivity index (χ1v) is 6.31. The molecule has 0 bridgehead atoms. The van der Waals surface area contributed by atoms with Gasteiger partial charge in [-0.25, -0.2) is 4.79 Å². The van der Waals surface area contributed by atoms with E-state index in [-0.39, 0.29) is 10.4 Å². The Bertz CT molecular complexity index is 440. The second-order valence-electron chi connectivity index (χ2n) is 3.00. The van der Waals surface area contributed by atoms with E-state index in [2.05, 4.69) is 4.74 Å². The molecule has 1 aromatic rings. The minimum absolute atomic E-state index is 0.271. The van der Waals surface area contributed by atoms with E-state index < -0.39 is 5.97 Å². The summed E-state index contributed by atoms with van der Waals surface area (Å²) >= 11 is 1.92. The molecular formula is C12H11IO4. The van der Waals surface area contributed by atoms with Crippen LogP contribution in [-0.2, 0) is 14.3 Å². The van der Waals surface area contributed by atoms with E-state index in [1.165, 1.54) is 13.2 Å². The molecule has 0 spiro atoms. The largest absolute Gasteiger partial charge is 0.466 e. The van der Waals surface area contributed by atoms with Crippen molar-refractivity contribution in [3.05, 3.63) is 35.9 Å². The molecule has 0 atom stereocenters. The highest BCUT2D eigenvalue weighted by Crippen LogP contribution is 2.19. The number of rotatable bonds is 4. The van der Waals surface area contributed by atoms with Crippen LogP contribution in [0.3, 0.4) is 0 Å². The molecule has 0 aromatic heterocycles. The van der Waals surface area contributed by atoms with E-state index >= 15 is 0 Å². The number of halogens is 1. The maximum Gasteiger partial charge on any atom is 0.330 e. The number of alkyl halides is 1. The van der Waals surface area contributed by atoms with Crippen LogP contribution < -0.4 is 4.74 Å². The molecule has 90 valence electrons. The number of methoxy groups -OCH3 is 1. The van der Waals surface area contributed by atoms with Crippen LogP contribution in [0.2, 0.25) is 0 Å². The van der Waals surface area contributed by atoms with Crippen molar-refractivity contribution in [1.29, 1.82) is 0 Å². The monoisotopic (exact) mass is 346 g/mol. The van der Waals surface area contributed by atoms with Crippen LogP contribution in [0.5, 0.6) is 5.75 Å². The average Bonchev–Trinajstić information content (AvgIpc) is 2.37. The Kier molecular flexibility index (Phi) is 5.68. The molecular weight excluding hydrogens is 335 g/mol. The van der Waals surface area contributed by atoms with Crippen LogP contribution in [-0.4, -0.2) is 23.5 Å². The second kappa shape index (κ2) is 7.05. The van der Waals surface area contributed by atoms with Gasteiger partial charge in [0.05, 0.1) is 11.5 Å². The van der Waals surface area contributed by atoms with E-state index in [1.54, 1.807) is 30.3 Å². The molecule has 1 aromatic carbocycles. The summed E-state index contributed by atoms with van der Waals surface area (Å²) in [6, 6.07) is 6.96. The Balaban J connectivity index is 2.88. The minimum atomic E-state index is -0.458. The fraction of sp³-hybridized carbons (Fsp3) is 0.167. The van der Waals surface area contributed by atoms with Crippen LogP contribution in [0.4, 0.5) is 0 Å². The quantitative estimate of drug-likeness (QED) is 0.276. The molecule has 17 heavy (non-hydrogen) atoms. The number of para-hydroxylation sites is 1. The number of ether oxygens (including phenoxy) is 2. The molecule has 0 aliphatic heterocycles. The van der Waals surface area contributed by atoms with Crippen molar-refractivity contribution < 1.29 is 19.1 Å². The van der Waals surface area contributed by atoms with Crippen molar-refractivity contribution in [2.75, 3.05) is 11.5 Å². The minimum Gasteiger partial charge on any atom is -0.466 e. The summed E-state index contributed by atoms with van der Waals surface area (Å²) in [7, 11) is 1.30. The van der Waals surface area contributed by atoms with Gasteiger partial charge in [-0.1, -0.05) is 40.8 Å². The zero-order valence-corrected chi connectivity index (χ0v) is 11.3. The standard InChI is InChI=1S/C12H11IO4/c1-16-11(14)7-6-9-4-2-3-5-10(9)17-12(15)8-13/h2-7H,8H2,1H3/b7-6+. The van der Waals surface area contributed by atoms with Gasteiger partial charge >= 0.3 is 11.9 Å². The molecule has 0 radical (unpaired) electrons. The molecule has 0 heterocycles. The van der Waals surface area contributed by atoms with Gasteiger partial charge in [-0.3, -0.25) is 4.79 Å². The van der Waals surface area contributed by atoms with Crippen molar-refractivity contribution >= 4 is 40.6 Å². The van der Waals surface area contributed by atoms with Gasteiger partial charge in [0.1, 0.15) is 5.75 Å². The van der Waals surface area contributed by atoms with Gasteiger partial charge in [0.15, 0.2) is 0 Å². The van der Waals surface area contributed by atoms with Crippen LogP contribution >= 0.6 is 22.6 Å². The van der Waals surface area contributed by atoms with Gasteiger partial charge < -0.3 is 9.47 Å². The SMILES string of the molecule is COC(=O)/C=C/c1ccccc1OC(=O)CI. The first-order chi connectivity index (χ1) is 8.17. The maximum atomic E-state index is 11.2. The lowest BCUT2D eigenvalue weighted by molar-refractivity contribution is -0.134. The van der Waals surface area contributed by atoms with E-state index in [0.717, 1.165) is 0 Å².